The first-order valence-electron chi connectivity index (χ1n) is 24.1. The van der Waals surface area contributed by atoms with Crippen molar-refractivity contribution < 1.29 is 0 Å². The third-order valence-corrected chi connectivity index (χ3v) is 15.9. The minimum atomic E-state index is -0.471. The Balaban J connectivity index is 0.934. The van der Waals surface area contributed by atoms with Gasteiger partial charge < -0.3 is 9.13 Å². The van der Waals surface area contributed by atoms with E-state index < -0.39 is 5.41 Å². The second-order valence-electron chi connectivity index (χ2n) is 19.1. The highest BCUT2D eigenvalue weighted by Crippen LogP contribution is 2.64. The number of para-hydroxylation sites is 3. The molecule has 2 aliphatic rings. The molecule has 0 unspecified atom stereocenters. The summed E-state index contributed by atoms with van der Waals surface area (Å²) < 4.78 is 4.88. The zero-order valence-electron chi connectivity index (χ0n) is 37.5. The third-order valence-electron chi connectivity index (χ3n) is 15.9. The van der Waals surface area contributed by atoms with Crippen molar-refractivity contribution in [2.24, 2.45) is 0 Å². The second-order valence-corrected chi connectivity index (χ2v) is 19.1. The summed E-state index contributed by atoms with van der Waals surface area (Å²) in [5.41, 5.74) is 19.7. The Labute approximate surface area is 398 Å². The Morgan fingerprint density at radius 2 is 0.638 bits per heavy atom. The molecule has 2 aromatic heterocycles. The Morgan fingerprint density at radius 3 is 1.22 bits per heavy atom. The first-order chi connectivity index (χ1) is 34.2. The largest absolute Gasteiger partial charge is 0.309 e. The summed E-state index contributed by atoms with van der Waals surface area (Å²) in [4.78, 5) is 0. The predicted molar refractivity (Wildman–Crippen MR) is 289 cm³/mol. The molecule has 2 heterocycles. The number of hydrogen-bond acceptors (Lipinski definition) is 0. The van der Waals surface area contributed by atoms with Crippen molar-refractivity contribution >= 4 is 75.9 Å². The van der Waals surface area contributed by atoms with Crippen LogP contribution in [0.1, 0.15) is 22.3 Å². The maximum Gasteiger partial charge on any atom is 0.0725 e. The van der Waals surface area contributed by atoms with Crippen LogP contribution in [0.5, 0.6) is 0 Å². The highest BCUT2D eigenvalue weighted by atomic mass is 15.0. The molecule has 69 heavy (non-hydrogen) atoms. The fourth-order valence-corrected chi connectivity index (χ4v) is 13.1. The summed E-state index contributed by atoms with van der Waals surface area (Å²) >= 11 is 0. The van der Waals surface area contributed by atoms with Gasteiger partial charge in [-0.25, -0.2) is 0 Å². The number of hydrogen-bond donors (Lipinski definition) is 0. The Bertz CT molecular complexity index is 4500. The summed E-state index contributed by atoms with van der Waals surface area (Å²) in [5.74, 6) is 0. The van der Waals surface area contributed by atoms with E-state index in [0.29, 0.717) is 0 Å². The van der Waals surface area contributed by atoms with Gasteiger partial charge in [-0.2, -0.15) is 0 Å². The standard InChI is InChI=1S/C67H40N2/c1-2-16-43(17-3-1)68-63-28-14-10-24-51(63)57-36-41(30-34-65(57)68)42-31-35-66-58(37-42)52-25-11-15-29-64(52)69(66)44-32-33-61-55(38-44)56-39-53-47-20-6-4-18-45(47)46-19-5-7-21-48(46)54(53)40-62(56)67(61)59-26-12-8-22-49(59)50-23-9-13-27-60(50)67/h1-40H. The first kappa shape index (κ1) is 37.1. The molecule has 0 fully saturated rings. The lowest BCUT2D eigenvalue weighted by molar-refractivity contribution is 0.795. The second kappa shape index (κ2) is 13.6. The predicted octanol–water partition coefficient (Wildman–Crippen LogP) is 17.4. The summed E-state index contributed by atoms with van der Waals surface area (Å²) in [6, 6.07) is 91.2. The Morgan fingerprint density at radius 1 is 0.217 bits per heavy atom. The quantitative estimate of drug-likeness (QED) is 0.157. The molecule has 318 valence electrons. The number of benzene rings is 12. The van der Waals surface area contributed by atoms with Gasteiger partial charge >= 0.3 is 0 Å². The zero-order chi connectivity index (χ0) is 45.0. The van der Waals surface area contributed by atoms with Gasteiger partial charge in [0.25, 0.3) is 0 Å². The van der Waals surface area contributed by atoms with Gasteiger partial charge in [-0.15, -0.1) is 0 Å². The van der Waals surface area contributed by atoms with Crippen LogP contribution in [0.15, 0.2) is 243 Å². The number of fused-ring (bicyclic) bond motifs is 22. The first-order valence-corrected chi connectivity index (χ1v) is 24.1. The fraction of sp³-hybridized carbons (Fsp3) is 0.0149. The van der Waals surface area contributed by atoms with E-state index >= 15 is 0 Å². The lowest BCUT2D eigenvalue weighted by Gasteiger charge is -2.31. The summed E-state index contributed by atoms with van der Waals surface area (Å²) in [5, 5.41) is 12.8. The van der Waals surface area contributed by atoms with Crippen molar-refractivity contribution in [3.8, 4) is 44.8 Å². The third kappa shape index (κ3) is 4.80. The average Bonchev–Trinajstić information content (AvgIpc) is 4.12. The highest BCUT2D eigenvalue weighted by Gasteiger charge is 2.52. The molecule has 0 aliphatic heterocycles. The highest BCUT2D eigenvalue weighted by molar-refractivity contribution is 6.26. The molecule has 0 saturated carbocycles. The van der Waals surface area contributed by atoms with E-state index in [4.69, 9.17) is 0 Å². The van der Waals surface area contributed by atoms with E-state index in [1.807, 2.05) is 0 Å². The maximum atomic E-state index is 2.57. The van der Waals surface area contributed by atoms with Crippen LogP contribution in [0.3, 0.4) is 0 Å². The monoisotopic (exact) mass is 872 g/mol. The van der Waals surface area contributed by atoms with E-state index in [2.05, 4.69) is 252 Å². The van der Waals surface area contributed by atoms with Crippen LogP contribution in [0.2, 0.25) is 0 Å². The molecule has 14 aromatic rings. The number of aromatic nitrogens is 2. The van der Waals surface area contributed by atoms with Gasteiger partial charge in [0.15, 0.2) is 0 Å². The van der Waals surface area contributed by atoms with Gasteiger partial charge in [0, 0.05) is 32.9 Å². The van der Waals surface area contributed by atoms with Crippen LogP contribution < -0.4 is 0 Å². The zero-order valence-corrected chi connectivity index (χ0v) is 37.5. The van der Waals surface area contributed by atoms with Gasteiger partial charge in [-0.1, -0.05) is 170 Å². The molecule has 2 nitrogen and oxygen atoms in total. The summed E-state index contributed by atoms with van der Waals surface area (Å²) in [6.07, 6.45) is 0. The SMILES string of the molecule is c1ccc(-n2c3ccccc3c3cc(-c4ccc5c(c4)c4ccccc4n5-c4ccc5c(c4)-c4cc6c7ccccc7c7ccccc7c6cc4C54c5ccccc5-c5ccccc54)ccc32)cc1. The van der Waals surface area contributed by atoms with Crippen molar-refractivity contribution in [2.45, 2.75) is 5.41 Å². The molecule has 0 radical (unpaired) electrons. The van der Waals surface area contributed by atoms with E-state index in [1.165, 1.54) is 137 Å². The van der Waals surface area contributed by atoms with Crippen LogP contribution in [-0.2, 0) is 5.41 Å². The van der Waals surface area contributed by atoms with Gasteiger partial charge in [0.2, 0.25) is 0 Å². The lowest BCUT2D eigenvalue weighted by atomic mass is 9.70. The summed E-state index contributed by atoms with van der Waals surface area (Å²) in [7, 11) is 0. The van der Waals surface area contributed by atoms with E-state index in [9.17, 15) is 0 Å². The number of nitrogens with zero attached hydrogens (tertiary/aromatic N) is 2. The van der Waals surface area contributed by atoms with Crippen LogP contribution in [0.4, 0.5) is 0 Å². The lowest BCUT2D eigenvalue weighted by Crippen LogP contribution is -2.25. The fourth-order valence-electron chi connectivity index (χ4n) is 13.1. The normalized spacial score (nSPS) is 13.3. The van der Waals surface area contributed by atoms with Gasteiger partial charge in [0.1, 0.15) is 0 Å². The molecule has 0 saturated heterocycles. The van der Waals surface area contributed by atoms with Crippen LogP contribution in [0.25, 0.3) is 121 Å². The van der Waals surface area contributed by atoms with Crippen LogP contribution in [-0.4, -0.2) is 9.13 Å². The van der Waals surface area contributed by atoms with Crippen molar-refractivity contribution in [3.05, 3.63) is 265 Å². The van der Waals surface area contributed by atoms with Crippen molar-refractivity contribution in [1.82, 2.24) is 9.13 Å². The average molecular weight is 873 g/mol. The molecule has 0 atom stereocenters. The molecule has 2 aliphatic carbocycles. The topological polar surface area (TPSA) is 9.86 Å². The molecule has 12 aromatic carbocycles. The maximum absolute atomic E-state index is 2.57. The minimum Gasteiger partial charge on any atom is -0.309 e. The molecule has 0 bridgehead atoms. The number of rotatable bonds is 3. The molecule has 1 spiro atoms. The Hall–Kier alpha value is -8.98. The minimum absolute atomic E-state index is 0.471. The van der Waals surface area contributed by atoms with Crippen LogP contribution in [0, 0.1) is 0 Å². The molecule has 0 N–H and O–H groups in total. The van der Waals surface area contributed by atoms with Crippen molar-refractivity contribution in [1.29, 1.82) is 0 Å². The van der Waals surface area contributed by atoms with E-state index in [0.717, 1.165) is 5.69 Å². The molecule has 16 rings (SSSR count). The molecule has 0 amide bonds. The molecule has 2 heteroatoms. The van der Waals surface area contributed by atoms with E-state index in [-0.39, 0.29) is 0 Å². The van der Waals surface area contributed by atoms with Gasteiger partial charge in [-0.05, 0) is 161 Å². The summed E-state index contributed by atoms with van der Waals surface area (Å²) in [6.45, 7) is 0. The molecular formula is C67H40N2. The van der Waals surface area contributed by atoms with Gasteiger partial charge in [-0.3, -0.25) is 0 Å². The van der Waals surface area contributed by atoms with Gasteiger partial charge in [0.05, 0.1) is 27.5 Å². The smallest absolute Gasteiger partial charge is 0.0725 e. The van der Waals surface area contributed by atoms with Crippen LogP contribution >= 0.6 is 0 Å². The van der Waals surface area contributed by atoms with Crippen molar-refractivity contribution in [3.63, 3.8) is 0 Å². The van der Waals surface area contributed by atoms with Crippen molar-refractivity contribution in [2.75, 3.05) is 0 Å². The van der Waals surface area contributed by atoms with E-state index in [1.54, 1.807) is 0 Å². The molecular weight excluding hydrogens is 833 g/mol. The Kier molecular flexibility index (Phi) is 7.30.